The maximum Gasteiger partial charge on any atom is 0.141 e. The first-order valence-electron chi connectivity index (χ1n) is 2.93. The molecule has 0 saturated heterocycles. The van der Waals surface area contributed by atoms with Gasteiger partial charge in [0, 0.05) is 5.69 Å². The number of nitrogen functional groups attached to an aromatic ring is 1. The van der Waals surface area contributed by atoms with Crippen LogP contribution in [0, 0.1) is 11.6 Å². The fraction of sp³-hybridized carbons (Fsp3) is 0.143. The zero-order chi connectivity index (χ0) is 8.43. The Morgan fingerprint density at radius 1 is 1.27 bits per heavy atom. The van der Waals surface area contributed by atoms with Crippen molar-refractivity contribution >= 4 is 17.4 Å². The van der Waals surface area contributed by atoms with Crippen LogP contribution < -0.4 is 5.73 Å². The highest BCUT2D eigenvalue weighted by molar-refractivity contribution is 7.98. The second-order valence-electron chi connectivity index (χ2n) is 2.02. The molecule has 60 valence electrons. The summed E-state index contributed by atoms with van der Waals surface area (Å²) < 4.78 is 25.5. The van der Waals surface area contributed by atoms with Crippen LogP contribution in [-0.4, -0.2) is 6.26 Å². The molecule has 0 bridgehead atoms. The third kappa shape index (κ3) is 1.63. The predicted molar refractivity (Wildman–Crippen MR) is 42.6 cm³/mol. The number of hydrogen-bond donors (Lipinski definition) is 1. The summed E-state index contributed by atoms with van der Waals surface area (Å²) >= 11 is 1.03. The van der Waals surface area contributed by atoms with E-state index < -0.39 is 11.6 Å². The van der Waals surface area contributed by atoms with Crippen LogP contribution in [0.1, 0.15) is 0 Å². The molecule has 0 aliphatic carbocycles. The summed E-state index contributed by atoms with van der Waals surface area (Å²) in [6, 6.07) is 2.21. The van der Waals surface area contributed by atoms with E-state index in [1.165, 1.54) is 0 Å². The summed E-state index contributed by atoms with van der Waals surface area (Å²) in [4.78, 5) is 0.0131. The Morgan fingerprint density at radius 3 is 2.09 bits per heavy atom. The molecule has 2 N–H and O–H groups in total. The standard InChI is InChI=1S/C7H7F2NS/c1-11-7-5(8)2-4(10)3-6(7)9/h2-3H,10H2,1H3. The molecule has 0 saturated carbocycles. The molecule has 0 unspecified atom stereocenters. The van der Waals surface area contributed by atoms with Crippen LogP contribution in [0.15, 0.2) is 17.0 Å². The van der Waals surface area contributed by atoms with Gasteiger partial charge in [-0.3, -0.25) is 0 Å². The number of rotatable bonds is 1. The summed E-state index contributed by atoms with van der Waals surface area (Å²) in [7, 11) is 0. The Labute approximate surface area is 67.6 Å². The Kier molecular flexibility index (Phi) is 2.34. The molecule has 0 aliphatic heterocycles. The van der Waals surface area contributed by atoms with Gasteiger partial charge in [-0.05, 0) is 18.4 Å². The normalized spacial score (nSPS) is 10.1. The topological polar surface area (TPSA) is 26.0 Å². The van der Waals surface area contributed by atoms with Crippen molar-refractivity contribution in [3.63, 3.8) is 0 Å². The van der Waals surface area contributed by atoms with Gasteiger partial charge in [0.05, 0.1) is 4.90 Å². The van der Waals surface area contributed by atoms with E-state index in [0.29, 0.717) is 0 Å². The first kappa shape index (κ1) is 8.33. The molecule has 0 aromatic heterocycles. The molecule has 1 nitrogen and oxygen atoms in total. The van der Waals surface area contributed by atoms with E-state index in [2.05, 4.69) is 0 Å². The fourth-order valence-electron chi connectivity index (χ4n) is 0.774. The third-order valence-electron chi connectivity index (χ3n) is 1.22. The molecule has 0 atom stereocenters. The highest BCUT2D eigenvalue weighted by Crippen LogP contribution is 2.24. The highest BCUT2D eigenvalue weighted by atomic mass is 32.2. The zero-order valence-corrected chi connectivity index (χ0v) is 6.71. The van der Waals surface area contributed by atoms with Gasteiger partial charge in [0.15, 0.2) is 0 Å². The quantitative estimate of drug-likeness (QED) is 0.523. The van der Waals surface area contributed by atoms with Gasteiger partial charge in [-0.2, -0.15) is 0 Å². The lowest BCUT2D eigenvalue weighted by Crippen LogP contribution is -1.92. The highest BCUT2D eigenvalue weighted by Gasteiger charge is 2.07. The first-order valence-corrected chi connectivity index (χ1v) is 4.16. The lowest BCUT2D eigenvalue weighted by Gasteiger charge is -2.01. The Hall–Kier alpha value is -0.770. The molecule has 4 heteroatoms. The summed E-state index contributed by atoms with van der Waals surface area (Å²) in [5.74, 6) is -1.20. The third-order valence-corrected chi connectivity index (χ3v) is 2.02. The summed E-state index contributed by atoms with van der Waals surface area (Å²) in [5.41, 5.74) is 5.30. The lowest BCUT2D eigenvalue weighted by molar-refractivity contribution is 0.542. The minimum absolute atomic E-state index is 0.0131. The molecule has 0 amide bonds. The Balaban J connectivity index is 3.25. The lowest BCUT2D eigenvalue weighted by atomic mass is 10.3. The van der Waals surface area contributed by atoms with Crippen LogP contribution in [0.25, 0.3) is 0 Å². The van der Waals surface area contributed by atoms with Gasteiger partial charge in [-0.15, -0.1) is 11.8 Å². The van der Waals surface area contributed by atoms with E-state index in [4.69, 9.17) is 5.73 Å². The second kappa shape index (κ2) is 3.09. The van der Waals surface area contributed by atoms with E-state index in [1.807, 2.05) is 0 Å². The van der Waals surface area contributed by atoms with E-state index in [1.54, 1.807) is 6.26 Å². The van der Waals surface area contributed by atoms with Crippen LogP contribution in [0.2, 0.25) is 0 Å². The summed E-state index contributed by atoms with van der Waals surface area (Å²) in [6.45, 7) is 0. The molecule has 0 radical (unpaired) electrons. The zero-order valence-electron chi connectivity index (χ0n) is 5.90. The van der Waals surface area contributed by atoms with Crippen molar-refractivity contribution in [3.8, 4) is 0 Å². The average Bonchev–Trinajstić information content (AvgIpc) is 1.85. The fourth-order valence-corrected chi connectivity index (χ4v) is 1.28. The monoisotopic (exact) mass is 175 g/mol. The molecule has 1 rings (SSSR count). The van der Waals surface area contributed by atoms with Gasteiger partial charge in [0.1, 0.15) is 11.6 Å². The Bertz CT molecular complexity index is 252. The minimum Gasteiger partial charge on any atom is -0.399 e. The van der Waals surface area contributed by atoms with E-state index in [0.717, 1.165) is 23.9 Å². The van der Waals surface area contributed by atoms with E-state index in [9.17, 15) is 8.78 Å². The minimum atomic E-state index is -0.602. The molecule has 1 aromatic carbocycles. The van der Waals surface area contributed by atoms with E-state index in [-0.39, 0.29) is 10.6 Å². The number of hydrogen-bond acceptors (Lipinski definition) is 2. The van der Waals surface area contributed by atoms with Crippen LogP contribution in [0.4, 0.5) is 14.5 Å². The van der Waals surface area contributed by atoms with Crippen molar-refractivity contribution in [1.29, 1.82) is 0 Å². The number of thioether (sulfide) groups is 1. The average molecular weight is 175 g/mol. The van der Waals surface area contributed by atoms with Crippen LogP contribution in [-0.2, 0) is 0 Å². The smallest absolute Gasteiger partial charge is 0.141 e. The number of nitrogens with two attached hydrogens (primary N) is 1. The van der Waals surface area contributed by atoms with Crippen molar-refractivity contribution in [2.75, 3.05) is 12.0 Å². The first-order chi connectivity index (χ1) is 5.15. The Morgan fingerprint density at radius 2 is 1.73 bits per heavy atom. The molecule has 11 heavy (non-hydrogen) atoms. The molecule has 0 aliphatic rings. The molecular formula is C7H7F2NS. The summed E-state index contributed by atoms with van der Waals surface area (Å²) in [6.07, 6.45) is 1.61. The van der Waals surface area contributed by atoms with Gasteiger partial charge >= 0.3 is 0 Å². The van der Waals surface area contributed by atoms with E-state index >= 15 is 0 Å². The van der Waals surface area contributed by atoms with Crippen LogP contribution in [0.3, 0.4) is 0 Å². The van der Waals surface area contributed by atoms with Crippen LogP contribution >= 0.6 is 11.8 Å². The molecule has 1 aromatic rings. The van der Waals surface area contributed by atoms with Crippen molar-refractivity contribution in [1.82, 2.24) is 0 Å². The van der Waals surface area contributed by atoms with Crippen molar-refractivity contribution in [2.24, 2.45) is 0 Å². The molecule has 0 fully saturated rings. The maximum atomic E-state index is 12.8. The molecular weight excluding hydrogens is 168 g/mol. The summed E-state index contributed by atoms with van der Waals surface area (Å²) in [5, 5.41) is 0. The molecule has 0 heterocycles. The van der Waals surface area contributed by atoms with Gasteiger partial charge in [-0.25, -0.2) is 8.78 Å². The number of halogens is 2. The van der Waals surface area contributed by atoms with Gasteiger partial charge in [0.2, 0.25) is 0 Å². The van der Waals surface area contributed by atoms with Crippen LogP contribution in [0.5, 0.6) is 0 Å². The second-order valence-corrected chi connectivity index (χ2v) is 2.83. The molecule has 0 spiro atoms. The maximum absolute atomic E-state index is 12.8. The predicted octanol–water partition coefficient (Wildman–Crippen LogP) is 2.27. The van der Waals surface area contributed by atoms with Crippen molar-refractivity contribution < 1.29 is 8.78 Å². The number of benzene rings is 1. The SMILES string of the molecule is CSc1c(F)cc(N)cc1F. The largest absolute Gasteiger partial charge is 0.399 e. The van der Waals surface area contributed by atoms with Gasteiger partial charge in [0.25, 0.3) is 0 Å². The van der Waals surface area contributed by atoms with Crippen molar-refractivity contribution in [3.05, 3.63) is 23.8 Å². The van der Waals surface area contributed by atoms with Gasteiger partial charge < -0.3 is 5.73 Å². The van der Waals surface area contributed by atoms with Crippen molar-refractivity contribution in [2.45, 2.75) is 4.90 Å². The number of anilines is 1. The van der Waals surface area contributed by atoms with Gasteiger partial charge in [-0.1, -0.05) is 0 Å².